The molecule has 0 spiro atoms. The Hall–Kier alpha value is -3.43. The number of carboxylic acid groups (broad SMARTS) is 1. The molecule has 4 N–H and O–H groups in total. The van der Waals surface area contributed by atoms with Crippen LogP contribution in [0.3, 0.4) is 0 Å². The Morgan fingerprint density at radius 3 is 2.47 bits per heavy atom. The SMILES string of the molecule is O=C(N[C@H](Cc1ccc(-c2cccc(Cl)c2)cc1)C[C@@H](O)C(=O)O)c1cn(O)nn1. The molecule has 1 aromatic heterocycles. The van der Waals surface area contributed by atoms with Gasteiger partial charge in [0.1, 0.15) is 0 Å². The average molecular weight is 431 g/mol. The summed E-state index contributed by atoms with van der Waals surface area (Å²) in [5.41, 5.74) is 2.59. The molecule has 1 amide bonds. The number of benzene rings is 2. The Balaban J connectivity index is 1.74. The Labute approximate surface area is 176 Å². The van der Waals surface area contributed by atoms with Gasteiger partial charge in [-0.25, -0.2) is 4.79 Å². The molecule has 30 heavy (non-hydrogen) atoms. The molecule has 0 saturated heterocycles. The molecule has 0 aliphatic heterocycles. The van der Waals surface area contributed by atoms with Crippen LogP contribution in [0, 0.1) is 0 Å². The lowest BCUT2D eigenvalue weighted by Gasteiger charge is -2.20. The van der Waals surface area contributed by atoms with Gasteiger partial charge >= 0.3 is 5.97 Å². The number of amides is 1. The molecule has 156 valence electrons. The number of nitrogens with one attached hydrogen (secondary N) is 1. The molecule has 0 fully saturated rings. The summed E-state index contributed by atoms with van der Waals surface area (Å²) in [4.78, 5) is 23.7. The highest BCUT2D eigenvalue weighted by molar-refractivity contribution is 6.30. The molecule has 9 nitrogen and oxygen atoms in total. The van der Waals surface area contributed by atoms with Crippen LogP contribution < -0.4 is 5.32 Å². The van der Waals surface area contributed by atoms with Crippen molar-refractivity contribution in [3.63, 3.8) is 0 Å². The van der Waals surface area contributed by atoms with Gasteiger partial charge in [0, 0.05) is 17.5 Å². The van der Waals surface area contributed by atoms with E-state index in [2.05, 4.69) is 15.6 Å². The van der Waals surface area contributed by atoms with Crippen molar-refractivity contribution in [3.05, 3.63) is 71.0 Å². The Bertz CT molecular complexity index is 1040. The summed E-state index contributed by atoms with van der Waals surface area (Å²) in [5.74, 6) is -2.03. The van der Waals surface area contributed by atoms with E-state index in [1.54, 1.807) is 6.07 Å². The normalized spacial score (nSPS) is 12.9. The maximum atomic E-state index is 12.3. The molecule has 0 radical (unpaired) electrons. The van der Waals surface area contributed by atoms with Crippen LogP contribution in [-0.4, -0.2) is 54.6 Å². The van der Waals surface area contributed by atoms with Crippen LogP contribution in [0.5, 0.6) is 0 Å². The Morgan fingerprint density at radius 1 is 1.13 bits per heavy atom. The summed E-state index contributed by atoms with van der Waals surface area (Å²) < 4.78 is 0. The van der Waals surface area contributed by atoms with Gasteiger partial charge in [-0.1, -0.05) is 52.8 Å². The van der Waals surface area contributed by atoms with Crippen LogP contribution in [0.4, 0.5) is 0 Å². The third kappa shape index (κ3) is 5.56. The second-order valence-corrected chi connectivity index (χ2v) is 7.13. The van der Waals surface area contributed by atoms with Crippen molar-refractivity contribution in [1.82, 2.24) is 20.5 Å². The van der Waals surface area contributed by atoms with E-state index in [-0.39, 0.29) is 18.5 Å². The molecule has 0 saturated carbocycles. The molecule has 0 aliphatic carbocycles. The average Bonchev–Trinajstić information content (AvgIpc) is 3.15. The van der Waals surface area contributed by atoms with Gasteiger partial charge in [0.15, 0.2) is 11.8 Å². The van der Waals surface area contributed by atoms with Crippen molar-refractivity contribution < 1.29 is 25.0 Å². The second kappa shape index (κ2) is 9.38. The molecular weight excluding hydrogens is 412 g/mol. The molecule has 0 unspecified atom stereocenters. The Morgan fingerprint density at radius 2 is 1.87 bits per heavy atom. The summed E-state index contributed by atoms with van der Waals surface area (Å²) in [7, 11) is 0. The summed E-state index contributed by atoms with van der Waals surface area (Å²) in [5, 5.41) is 37.9. The van der Waals surface area contributed by atoms with Crippen molar-refractivity contribution in [3.8, 4) is 11.1 Å². The monoisotopic (exact) mass is 430 g/mol. The summed E-state index contributed by atoms with van der Waals surface area (Å²) in [6.45, 7) is 0. The smallest absolute Gasteiger partial charge is 0.332 e. The zero-order valence-corrected chi connectivity index (χ0v) is 16.4. The van der Waals surface area contributed by atoms with Crippen molar-refractivity contribution in [2.45, 2.75) is 25.0 Å². The molecule has 10 heteroatoms. The Kier molecular flexibility index (Phi) is 6.65. The fraction of sp³-hybridized carbons (Fsp3) is 0.200. The van der Waals surface area contributed by atoms with Crippen molar-refractivity contribution in [1.29, 1.82) is 0 Å². The molecule has 0 aliphatic rings. The lowest BCUT2D eigenvalue weighted by atomic mass is 9.97. The van der Waals surface area contributed by atoms with E-state index in [0.29, 0.717) is 9.87 Å². The standard InChI is InChI=1S/C20H19ClN4O5/c21-15-3-1-2-14(9-15)13-6-4-12(5-7-13)8-16(10-18(26)20(28)29)22-19(27)17-11-25(30)24-23-17/h1-7,9,11,16,18,26,30H,8,10H2,(H,22,27)(H,28,29)/t16-,18-/m1/s1. The van der Waals surface area contributed by atoms with Gasteiger partial charge < -0.3 is 20.7 Å². The topological polar surface area (TPSA) is 138 Å². The number of aromatic nitrogens is 3. The minimum atomic E-state index is -1.64. The maximum absolute atomic E-state index is 12.3. The number of carboxylic acids is 1. The fourth-order valence-electron chi connectivity index (χ4n) is 2.97. The van der Waals surface area contributed by atoms with E-state index in [1.807, 2.05) is 42.5 Å². The van der Waals surface area contributed by atoms with Crippen molar-refractivity contribution in [2.75, 3.05) is 0 Å². The summed E-state index contributed by atoms with van der Waals surface area (Å²) >= 11 is 6.03. The highest BCUT2D eigenvalue weighted by atomic mass is 35.5. The zero-order chi connectivity index (χ0) is 21.7. The first kappa shape index (κ1) is 21.3. The third-order valence-electron chi connectivity index (χ3n) is 4.44. The minimum Gasteiger partial charge on any atom is -0.479 e. The van der Waals surface area contributed by atoms with E-state index in [1.165, 1.54) is 0 Å². The van der Waals surface area contributed by atoms with Gasteiger partial charge in [0.05, 0.1) is 6.20 Å². The number of carbonyl (C=O) groups is 2. The number of aliphatic carboxylic acids is 1. The lowest BCUT2D eigenvalue weighted by molar-refractivity contribution is -0.147. The number of rotatable bonds is 8. The minimum absolute atomic E-state index is 0.136. The fourth-order valence-corrected chi connectivity index (χ4v) is 3.16. The van der Waals surface area contributed by atoms with Gasteiger partial charge in [-0.05, 0) is 40.5 Å². The van der Waals surface area contributed by atoms with Gasteiger partial charge in [0.25, 0.3) is 5.91 Å². The van der Waals surface area contributed by atoms with Crippen LogP contribution in [0.2, 0.25) is 5.02 Å². The number of nitrogens with zero attached hydrogens (tertiary/aromatic N) is 3. The first-order valence-electron chi connectivity index (χ1n) is 9.00. The first-order chi connectivity index (χ1) is 14.3. The van der Waals surface area contributed by atoms with Gasteiger partial charge in [-0.15, -0.1) is 5.10 Å². The molecule has 0 bridgehead atoms. The third-order valence-corrected chi connectivity index (χ3v) is 4.67. The van der Waals surface area contributed by atoms with Crippen LogP contribution in [0.25, 0.3) is 11.1 Å². The van der Waals surface area contributed by atoms with Crippen LogP contribution in [0.1, 0.15) is 22.5 Å². The molecule has 2 aromatic carbocycles. The van der Waals surface area contributed by atoms with Gasteiger partial charge in [0.2, 0.25) is 0 Å². The quantitative estimate of drug-likeness (QED) is 0.401. The van der Waals surface area contributed by atoms with Crippen LogP contribution in [0.15, 0.2) is 54.7 Å². The molecule has 3 aromatic rings. The number of hydrogen-bond acceptors (Lipinski definition) is 6. The van der Waals surface area contributed by atoms with Crippen molar-refractivity contribution in [2.24, 2.45) is 0 Å². The highest BCUT2D eigenvalue weighted by Crippen LogP contribution is 2.23. The molecule has 3 rings (SSSR count). The molecule has 1 heterocycles. The van der Waals surface area contributed by atoms with Gasteiger partial charge in [-0.2, -0.15) is 0 Å². The second-order valence-electron chi connectivity index (χ2n) is 6.70. The highest BCUT2D eigenvalue weighted by Gasteiger charge is 2.23. The number of aliphatic hydroxyl groups is 1. The van der Waals surface area contributed by atoms with Gasteiger partial charge in [-0.3, -0.25) is 4.79 Å². The largest absolute Gasteiger partial charge is 0.479 e. The van der Waals surface area contributed by atoms with Crippen LogP contribution in [-0.2, 0) is 11.2 Å². The zero-order valence-electron chi connectivity index (χ0n) is 15.6. The number of carbonyl (C=O) groups excluding carboxylic acids is 1. The first-order valence-corrected chi connectivity index (χ1v) is 9.38. The number of halogens is 1. The predicted octanol–water partition coefficient (Wildman–Crippen LogP) is 2.01. The van der Waals surface area contributed by atoms with E-state index in [4.69, 9.17) is 21.9 Å². The predicted molar refractivity (Wildman–Crippen MR) is 107 cm³/mol. The summed E-state index contributed by atoms with van der Waals surface area (Å²) in [6, 6.07) is 14.2. The number of hydrogen-bond donors (Lipinski definition) is 4. The maximum Gasteiger partial charge on any atom is 0.332 e. The number of aliphatic hydroxyl groups excluding tert-OH is 1. The lowest BCUT2D eigenvalue weighted by Crippen LogP contribution is -2.40. The van der Waals surface area contributed by atoms with E-state index in [9.17, 15) is 14.7 Å². The molecule has 2 atom stereocenters. The van der Waals surface area contributed by atoms with Crippen molar-refractivity contribution >= 4 is 23.5 Å². The van der Waals surface area contributed by atoms with E-state index in [0.717, 1.165) is 22.9 Å². The van der Waals surface area contributed by atoms with E-state index >= 15 is 0 Å². The molecular formula is C20H19ClN4O5. The van der Waals surface area contributed by atoms with E-state index < -0.39 is 24.0 Å². The van der Waals surface area contributed by atoms with Crippen LogP contribution >= 0.6 is 11.6 Å². The summed E-state index contributed by atoms with van der Waals surface area (Å²) in [6.07, 6.45) is -0.557.